The lowest BCUT2D eigenvalue weighted by Gasteiger charge is -2.64. The fourth-order valence-corrected chi connectivity index (χ4v) is 9.22. The van der Waals surface area contributed by atoms with Gasteiger partial charge in [0, 0.05) is 6.42 Å². The van der Waals surface area contributed by atoms with E-state index in [9.17, 15) is 15.5 Å². The average molecular weight is 388 g/mol. The van der Waals surface area contributed by atoms with E-state index in [1.165, 1.54) is 25.7 Å². The van der Waals surface area contributed by atoms with Gasteiger partial charge in [-0.05, 0) is 97.2 Å². The second kappa shape index (κ2) is 7.28. The summed E-state index contributed by atoms with van der Waals surface area (Å²) in [5.41, 5.74) is 0.565. The third-order valence-corrected chi connectivity index (χ3v) is 10.6. The number of aliphatic hydroxyl groups is 2. The van der Waals surface area contributed by atoms with E-state index >= 15 is 0 Å². The molecule has 3 nitrogen and oxygen atoms in total. The molecule has 0 amide bonds. The quantitative estimate of drug-likeness (QED) is 0.703. The molecule has 0 bridgehead atoms. The average Bonchev–Trinajstić information content (AvgIpc) is 3.01. The van der Waals surface area contributed by atoms with Crippen LogP contribution in [0.4, 0.5) is 0 Å². The molecule has 0 aromatic carbocycles. The topological polar surface area (TPSA) is 64.2 Å². The van der Waals surface area contributed by atoms with Crippen LogP contribution in [0.1, 0.15) is 85.5 Å². The van der Waals surface area contributed by atoms with Crippen molar-refractivity contribution in [1.29, 1.82) is 5.26 Å². The Labute approximate surface area is 171 Å². The highest BCUT2D eigenvalue weighted by Gasteiger charge is 2.64. The van der Waals surface area contributed by atoms with Crippen molar-refractivity contribution in [2.24, 2.45) is 52.3 Å². The molecule has 4 aliphatic carbocycles. The molecule has 158 valence electrons. The maximum Gasteiger partial charge on any atom is 0.0624 e. The lowest BCUT2D eigenvalue weighted by atomic mass is 9.41. The van der Waals surface area contributed by atoms with Gasteiger partial charge in [0.05, 0.1) is 18.3 Å². The minimum Gasteiger partial charge on any atom is -0.393 e. The molecular formula is C25H41NO2. The first-order valence-corrected chi connectivity index (χ1v) is 12.0. The molecule has 4 unspecified atom stereocenters. The van der Waals surface area contributed by atoms with Crippen molar-refractivity contribution in [1.82, 2.24) is 0 Å². The van der Waals surface area contributed by atoms with Crippen molar-refractivity contribution in [2.45, 2.75) is 97.7 Å². The molecule has 4 saturated carbocycles. The molecule has 4 aliphatic rings. The van der Waals surface area contributed by atoms with Crippen molar-refractivity contribution in [2.75, 3.05) is 0 Å². The van der Waals surface area contributed by atoms with Gasteiger partial charge in [0.2, 0.25) is 0 Å². The third-order valence-electron chi connectivity index (χ3n) is 10.6. The van der Waals surface area contributed by atoms with E-state index in [2.05, 4.69) is 33.8 Å². The standard InChI is InChI=1S/C25H41NO2/c1-5-17-21-14-16(27)8-11-25(21,4)20-9-12-24(3)18(15(2)10-13-26)6-7-19(24)22(20)23(17)28/h15-23,27-28H,5-12,14H2,1-4H3/t15-,16-,17-,18-,19?,20?,21+,22?,23-,24?,25-/m1/s1. The van der Waals surface area contributed by atoms with Crippen molar-refractivity contribution in [3.63, 3.8) is 0 Å². The zero-order valence-electron chi connectivity index (χ0n) is 18.4. The van der Waals surface area contributed by atoms with Gasteiger partial charge < -0.3 is 10.2 Å². The fraction of sp³-hybridized carbons (Fsp3) is 0.960. The van der Waals surface area contributed by atoms with Crippen LogP contribution in [0.2, 0.25) is 0 Å². The highest BCUT2D eigenvalue weighted by atomic mass is 16.3. The van der Waals surface area contributed by atoms with Crippen molar-refractivity contribution in [3.05, 3.63) is 0 Å². The Kier molecular flexibility index (Phi) is 5.37. The van der Waals surface area contributed by atoms with Gasteiger partial charge in [0.1, 0.15) is 0 Å². The summed E-state index contributed by atoms with van der Waals surface area (Å²) in [5, 5.41) is 31.3. The van der Waals surface area contributed by atoms with E-state index in [1.807, 2.05) is 0 Å². The van der Waals surface area contributed by atoms with Crippen molar-refractivity contribution >= 4 is 0 Å². The van der Waals surface area contributed by atoms with Gasteiger partial charge in [0.25, 0.3) is 0 Å². The van der Waals surface area contributed by atoms with Crippen LogP contribution in [-0.2, 0) is 0 Å². The van der Waals surface area contributed by atoms with E-state index < -0.39 is 0 Å². The summed E-state index contributed by atoms with van der Waals surface area (Å²) in [6.45, 7) is 9.51. The molecule has 0 aromatic heterocycles. The highest BCUT2D eigenvalue weighted by Crippen LogP contribution is 2.69. The van der Waals surface area contributed by atoms with E-state index in [-0.39, 0.29) is 23.0 Å². The minimum absolute atomic E-state index is 0.174. The molecule has 0 radical (unpaired) electrons. The number of aliphatic hydroxyl groups excluding tert-OH is 2. The second-order valence-corrected chi connectivity index (χ2v) is 11.5. The molecule has 11 atom stereocenters. The van der Waals surface area contributed by atoms with Crippen LogP contribution in [0, 0.1) is 63.6 Å². The smallest absolute Gasteiger partial charge is 0.0624 e. The fourth-order valence-electron chi connectivity index (χ4n) is 9.22. The summed E-state index contributed by atoms with van der Waals surface area (Å²) in [4.78, 5) is 0. The highest BCUT2D eigenvalue weighted by molar-refractivity contribution is 5.13. The Hall–Kier alpha value is -0.590. The van der Waals surface area contributed by atoms with Gasteiger partial charge >= 0.3 is 0 Å². The molecule has 2 N–H and O–H groups in total. The number of hydrogen-bond donors (Lipinski definition) is 2. The van der Waals surface area contributed by atoms with Crippen LogP contribution in [0.15, 0.2) is 0 Å². The van der Waals surface area contributed by atoms with Gasteiger partial charge in [-0.15, -0.1) is 0 Å². The van der Waals surface area contributed by atoms with E-state index in [4.69, 9.17) is 0 Å². The molecule has 28 heavy (non-hydrogen) atoms. The van der Waals surface area contributed by atoms with Gasteiger partial charge in [0.15, 0.2) is 0 Å². The van der Waals surface area contributed by atoms with Crippen LogP contribution < -0.4 is 0 Å². The Morgan fingerprint density at radius 1 is 1.00 bits per heavy atom. The maximum absolute atomic E-state index is 11.7. The first kappa shape index (κ1) is 20.7. The molecule has 0 heterocycles. The molecule has 4 rings (SSSR count). The zero-order chi connectivity index (χ0) is 20.3. The molecule has 0 saturated heterocycles. The molecular weight excluding hydrogens is 346 g/mol. The lowest BCUT2D eigenvalue weighted by Crippen LogP contribution is -2.62. The number of rotatable bonds is 3. The van der Waals surface area contributed by atoms with Crippen LogP contribution in [0.3, 0.4) is 0 Å². The SMILES string of the molecule is CC[C@H]1[C@@H](O)C2C3CC[C@H]([C@H](C)CC#N)C3(C)CCC2[C@@]2(C)CC[C@@H](O)C[C@@H]12. The van der Waals surface area contributed by atoms with Crippen LogP contribution in [-0.4, -0.2) is 22.4 Å². The predicted molar refractivity (Wildman–Crippen MR) is 111 cm³/mol. The zero-order valence-corrected chi connectivity index (χ0v) is 18.4. The largest absolute Gasteiger partial charge is 0.393 e. The Balaban J connectivity index is 1.68. The summed E-state index contributed by atoms with van der Waals surface area (Å²) in [5.74, 6) is 3.52. The molecule has 0 aromatic rings. The van der Waals surface area contributed by atoms with Gasteiger partial charge in [-0.25, -0.2) is 0 Å². The summed E-state index contributed by atoms with van der Waals surface area (Å²) >= 11 is 0. The van der Waals surface area contributed by atoms with Gasteiger partial charge in [-0.3, -0.25) is 0 Å². The Morgan fingerprint density at radius 2 is 1.68 bits per heavy atom. The van der Waals surface area contributed by atoms with Crippen LogP contribution >= 0.6 is 0 Å². The summed E-state index contributed by atoms with van der Waals surface area (Å²) in [6, 6.07) is 2.41. The summed E-state index contributed by atoms with van der Waals surface area (Å²) in [6.07, 6.45) is 9.20. The normalized spacial score (nSPS) is 54.2. The van der Waals surface area contributed by atoms with Crippen LogP contribution in [0.5, 0.6) is 0 Å². The minimum atomic E-state index is -0.215. The number of nitrogens with zero attached hydrogens (tertiary/aromatic N) is 1. The molecule has 0 aliphatic heterocycles. The van der Waals surface area contributed by atoms with Crippen molar-refractivity contribution in [3.8, 4) is 6.07 Å². The molecule has 3 heteroatoms. The predicted octanol–water partition coefficient (Wildman–Crippen LogP) is 5.16. The summed E-state index contributed by atoms with van der Waals surface area (Å²) < 4.78 is 0. The first-order valence-electron chi connectivity index (χ1n) is 12.0. The monoisotopic (exact) mass is 387 g/mol. The van der Waals surface area contributed by atoms with Crippen LogP contribution in [0.25, 0.3) is 0 Å². The first-order chi connectivity index (χ1) is 13.3. The Bertz CT molecular complexity index is 629. The number of fused-ring (bicyclic) bond motifs is 5. The molecule has 0 spiro atoms. The van der Waals surface area contributed by atoms with Gasteiger partial charge in [-0.1, -0.05) is 34.1 Å². The third kappa shape index (κ3) is 2.81. The lowest BCUT2D eigenvalue weighted by molar-refractivity contribution is -0.203. The van der Waals surface area contributed by atoms with Gasteiger partial charge in [-0.2, -0.15) is 5.26 Å². The number of nitriles is 1. The van der Waals surface area contributed by atoms with E-state index in [1.54, 1.807) is 0 Å². The second-order valence-electron chi connectivity index (χ2n) is 11.5. The van der Waals surface area contributed by atoms with Crippen molar-refractivity contribution < 1.29 is 10.2 Å². The maximum atomic E-state index is 11.7. The molecule has 4 fully saturated rings. The van der Waals surface area contributed by atoms with E-state index in [0.29, 0.717) is 47.8 Å². The van der Waals surface area contributed by atoms with E-state index in [0.717, 1.165) is 25.7 Å². The Morgan fingerprint density at radius 3 is 2.36 bits per heavy atom. The number of hydrogen-bond acceptors (Lipinski definition) is 3. The summed E-state index contributed by atoms with van der Waals surface area (Å²) in [7, 11) is 0.